The van der Waals surface area contributed by atoms with Crippen LogP contribution in [0, 0.1) is 5.92 Å². The van der Waals surface area contributed by atoms with Crippen LogP contribution in [-0.2, 0) is 6.42 Å². The summed E-state index contributed by atoms with van der Waals surface area (Å²) in [4.78, 5) is 0. The minimum absolute atomic E-state index is 0.562. The maximum Gasteiger partial charge on any atom is 0.122 e. The average molecular weight is 235 g/mol. The van der Waals surface area contributed by atoms with Crippen molar-refractivity contribution < 1.29 is 4.74 Å². The smallest absolute Gasteiger partial charge is 0.122 e. The van der Waals surface area contributed by atoms with E-state index in [2.05, 4.69) is 39.0 Å². The molecule has 0 heterocycles. The largest absolute Gasteiger partial charge is 0.496 e. The van der Waals surface area contributed by atoms with Crippen LogP contribution in [0.2, 0.25) is 0 Å². The lowest BCUT2D eigenvalue weighted by molar-refractivity contribution is 0.406. The van der Waals surface area contributed by atoms with Crippen molar-refractivity contribution in [2.75, 3.05) is 13.7 Å². The molecule has 0 bridgehead atoms. The third-order valence-corrected chi connectivity index (χ3v) is 3.28. The molecule has 0 aliphatic heterocycles. The van der Waals surface area contributed by atoms with E-state index in [0.717, 1.165) is 25.1 Å². The Morgan fingerprint density at radius 1 is 1.24 bits per heavy atom. The second-order valence-corrected chi connectivity index (χ2v) is 5.11. The van der Waals surface area contributed by atoms with Gasteiger partial charge in [-0.15, -0.1) is 0 Å². The molecule has 0 aliphatic rings. The summed E-state index contributed by atoms with van der Waals surface area (Å²) in [6.07, 6.45) is 2.16. The highest BCUT2D eigenvalue weighted by Crippen LogP contribution is 2.26. The summed E-state index contributed by atoms with van der Waals surface area (Å²) >= 11 is 0. The van der Waals surface area contributed by atoms with Gasteiger partial charge in [-0.1, -0.05) is 32.9 Å². The highest BCUT2D eigenvalue weighted by Gasteiger charge is 2.08. The average Bonchev–Trinajstić information content (AvgIpc) is 2.35. The van der Waals surface area contributed by atoms with Crippen LogP contribution in [0.25, 0.3) is 0 Å². The van der Waals surface area contributed by atoms with Gasteiger partial charge < -0.3 is 10.5 Å². The summed E-state index contributed by atoms with van der Waals surface area (Å²) in [7, 11) is 1.74. The van der Waals surface area contributed by atoms with Gasteiger partial charge in [0.05, 0.1) is 7.11 Å². The second kappa shape index (κ2) is 6.65. The number of hydrogen-bond acceptors (Lipinski definition) is 2. The molecule has 1 aromatic rings. The highest BCUT2D eigenvalue weighted by molar-refractivity contribution is 5.38. The molecule has 1 unspecified atom stereocenters. The maximum absolute atomic E-state index is 5.65. The normalized spacial score (nSPS) is 12.8. The predicted molar refractivity (Wildman–Crippen MR) is 73.6 cm³/mol. The van der Waals surface area contributed by atoms with Crippen molar-refractivity contribution in [3.05, 3.63) is 29.3 Å². The van der Waals surface area contributed by atoms with Crippen molar-refractivity contribution in [2.45, 2.75) is 39.5 Å². The Bertz CT molecular complexity index is 347. The van der Waals surface area contributed by atoms with Gasteiger partial charge in [0, 0.05) is 0 Å². The van der Waals surface area contributed by atoms with Gasteiger partial charge in [0.25, 0.3) is 0 Å². The van der Waals surface area contributed by atoms with E-state index in [0.29, 0.717) is 11.8 Å². The molecule has 0 saturated heterocycles. The molecule has 1 atom stereocenters. The van der Waals surface area contributed by atoms with E-state index in [1.807, 2.05) is 0 Å². The molecule has 0 fully saturated rings. The summed E-state index contributed by atoms with van der Waals surface area (Å²) in [5.74, 6) is 2.13. The Balaban J connectivity index is 2.82. The highest BCUT2D eigenvalue weighted by atomic mass is 16.5. The van der Waals surface area contributed by atoms with Gasteiger partial charge in [-0.3, -0.25) is 0 Å². The van der Waals surface area contributed by atoms with Crippen LogP contribution in [0.3, 0.4) is 0 Å². The minimum atomic E-state index is 0.562. The number of hydrogen-bond donors (Lipinski definition) is 1. The Kier molecular flexibility index (Phi) is 5.49. The van der Waals surface area contributed by atoms with Crippen LogP contribution in [0.5, 0.6) is 5.75 Å². The minimum Gasteiger partial charge on any atom is -0.496 e. The molecule has 0 spiro atoms. The van der Waals surface area contributed by atoms with E-state index >= 15 is 0 Å². The Labute approximate surface area is 105 Å². The lowest BCUT2D eigenvalue weighted by atomic mass is 9.95. The van der Waals surface area contributed by atoms with Crippen LogP contribution in [0.4, 0.5) is 0 Å². The standard InChI is InChI=1S/C15H25NO/c1-11(2)13-7-8-15(17-4)14(9-13)6-5-12(3)10-16/h7-9,11-12H,5-6,10,16H2,1-4H3. The van der Waals surface area contributed by atoms with Gasteiger partial charge in [0.2, 0.25) is 0 Å². The summed E-state index contributed by atoms with van der Waals surface area (Å²) in [5.41, 5.74) is 8.33. The van der Waals surface area contributed by atoms with Crippen LogP contribution in [-0.4, -0.2) is 13.7 Å². The number of methoxy groups -OCH3 is 1. The summed E-state index contributed by atoms with van der Waals surface area (Å²) in [5, 5.41) is 0. The molecule has 1 aromatic carbocycles. The third-order valence-electron chi connectivity index (χ3n) is 3.28. The van der Waals surface area contributed by atoms with Gasteiger partial charge in [0.15, 0.2) is 0 Å². The first kappa shape index (κ1) is 14.0. The molecule has 2 nitrogen and oxygen atoms in total. The van der Waals surface area contributed by atoms with E-state index in [4.69, 9.17) is 10.5 Å². The van der Waals surface area contributed by atoms with Crippen LogP contribution in [0.1, 0.15) is 44.2 Å². The van der Waals surface area contributed by atoms with E-state index in [1.54, 1.807) is 7.11 Å². The summed E-state index contributed by atoms with van der Waals surface area (Å²) in [6.45, 7) is 7.38. The monoisotopic (exact) mass is 235 g/mol. The zero-order valence-electron chi connectivity index (χ0n) is 11.5. The summed E-state index contributed by atoms with van der Waals surface area (Å²) < 4.78 is 5.41. The fourth-order valence-corrected chi connectivity index (χ4v) is 1.87. The zero-order valence-corrected chi connectivity index (χ0v) is 11.5. The van der Waals surface area contributed by atoms with Gasteiger partial charge in [-0.25, -0.2) is 0 Å². The number of aryl methyl sites for hydroxylation is 1. The molecule has 17 heavy (non-hydrogen) atoms. The Morgan fingerprint density at radius 3 is 2.47 bits per heavy atom. The van der Waals surface area contributed by atoms with E-state index in [-0.39, 0.29) is 0 Å². The molecule has 0 radical (unpaired) electrons. The summed E-state index contributed by atoms with van der Waals surface area (Å²) in [6, 6.07) is 6.50. The number of rotatable bonds is 6. The molecule has 2 heteroatoms. The first-order valence-corrected chi connectivity index (χ1v) is 6.45. The molecule has 96 valence electrons. The number of ether oxygens (including phenoxy) is 1. The van der Waals surface area contributed by atoms with Crippen molar-refractivity contribution >= 4 is 0 Å². The fourth-order valence-electron chi connectivity index (χ4n) is 1.87. The number of benzene rings is 1. The fraction of sp³-hybridized carbons (Fsp3) is 0.600. The van der Waals surface area contributed by atoms with Crippen molar-refractivity contribution in [3.8, 4) is 5.75 Å². The molecule has 1 rings (SSSR count). The zero-order chi connectivity index (χ0) is 12.8. The van der Waals surface area contributed by atoms with Gasteiger partial charge in [-0.2, -0.15) is 0 Å². The van der Waals surface area contributed by atoms with Crippen molar-refractivity contribution in [2.24, 2.45) is 11.7 Å². The molecule has 0 amide bonds. The van der Waals surface area contributed by atoms with Crippen molar-refractivity contribution in [3.63, 3.8) is 0 Å². The van der Waals surface area contributed by atoms with E-state index < -0.39 is 0 Å². The lowest BCUT2D eigenvalue weighted by Gasteiger charge is -2.14. The molecule has 0 aromatic heterocycles. The van der Waals surface area contributed by atoms with Gasteiger partial charge in [-0.05, 0) is 48.4 Å². The Hall–Kier alpha value is -1.02. The molecular weight excluding hydrogens is 210 g/mol. The quantitative estimate of drug-likeness (QED) is 0.820. The van der Waals surface area contributed by atoms with Crippen LogP contribution < -0.4 is 10.5 Å². The predicted octanol–water partition coefficient (Wildman–Crippen LogP) is 3.35. The molecule has 0 aliphatic carbocycles. The SMILES string of the molecule is COc1ccc(C(C)C)cc1CCC(C)CN. The van der Waals surface area contributed by atoms with E-state index in [1.165, 1.54) is 11.1 Å². The lowest BCUT2D eigenvalue weighted by Crippen LogP contribution is -2.11. The second-order valence-electron chi connectivity index (χ2n) is 5.11. The van der Waals surface area contributed by atoms with Gasteiger partial charge in [0.1, 0.15) is 5.75 Å². The molecular formula is C15H25NO. The third kappa shape index (κ3) is 4.04. The van der Waals surface area contributed by atoms with Crippen molar-refractivity contribution in [1.29, 1.82) is 0 Å². The first-order valence-electron chi connectivity index (χ1n) is 6.45. The van der Waals surface area contributed by atoms with Gasteiger partial charge >= 0.3 is 0 Å². The van der Waals surface area contributed by atoms with Crippen LogP contribution >= 0.6 is 0 Å². The molecule has 2 N–H and O–H groups in total. The first-order chi connectivity index (χ1) is 8.08. The Morgan fingerprint density at radius 2 is 1.94 bits per heavy atom. The number of nitrogens with two attached hydrogens (primary N) is 1. The maximum atomic E-state index is 5.65. The molecule has 0 saturated carbocycles. The van der Waals surface area contributed by atoms with E-state index in [9.17, 15) is 0 Å². The van der Waals surface area contributed by atoms with Crippen LogP contribution in [0.15, 0.2) is 18.2 Å². The topological polar surface area (TPSA) is 35.2 Å². The van der Waals surface area contributed by atoms with Crippen molar-refractivity contribution in [1.82, 2.24) is 0 Å².